The summed E-state index contributed by atoms with van der Waals surface area (Å²) in [4.78, 5) is 0.212. The van der Waals surface area contributed by atoms with Gasteiger partial charge in [-0.2, -0.15) is 5.10 Å². The number of aryl methyl sites for hydroxylation is 1. The first-order chi connectivity index (χ1) is 8.42. The molecule has 0 aliphatic heterocycles. The molecule has 0 aliphatic carbocycles. The van der Waals surface area contributed by atoms with E-state index in [2.05, 4.69) is 14.9 Å². The van der Waals surface area contributed by atoms with Crippen LogP contribution in [0.5, 0.6) is 0 Å². The van der Waals surface area contributed by atoms with Gasteiger partial charge < -0.3 is 5.73 Å². The van der Waals surface area contributed by atoms with Crippen molar-refractivity contribution >= 4 is 21.4 Å². The number of hydrogen-bond donors (Lipinski definition) is 3. The van der Waals surface area contributed by atoms with Crippen LogP contribution in [0.25, 0.3) is 0 Å². The van der Waals surface area contributed by atoms with Gasteiger partial charge in [0.05, 0.1) is 16.8 Å². The van der Waals surface area contributed by atoms with Gasteiger partial charge in [-0.3, -0.25) is 9.82 Å². The summed E-state index contributed by atoms with van der Waals surface area (Å²) in [5.41, 5.74) is 7.78. The van der Waals surface area contributed by atoms with E-state index in [4.69, 9.17) is 5.73 Å². The van der Waals surface area contributed by atoms with E-state index in [-0.39, 0.29) is 4.90 Å². The monoisotopic (exact) mass is 266 g/mol. The summed E-state index contributed by atoms with van der Waals surface area (Å²) >= 11 is 0. The average molecular weight is 266 g/mol. The van der Waals surface area contributed by atoms with Gasteiger partial charge in [0.15, 0.2) is 0 Å². The van der Waals surface area contributed by atoms with Crippen LogP contribution in [0.1, 0.15) is 11.1 Å². The van der Waals surface area contributed by atoms with Gasteiger partial charge in [0.25, 0.3) is 10.0 Å². The molecule has 2 rings (SSSR count). The molecular formula is C11H14N4O2S. The second-order valence-corrected chi connectivity index (χ2v) is 5.64. The minimum atomic E-state index is -3.66. The van der Waals surface area contributed by atoms with E-state index in [0.29, 0.717) is 22.5 Å². The third-order valence-corrected chi connectivity index (χ3v) is 4.33. The normalized spacial score (nSPS) is 11.4. The summed E-state index contributed by atoms with van der Waals surface area (Å²) in [5.74, 6) is 0. The maximum absolute atomic E-state index is 12.3. The van der Waals surface area contributed by atoms with Crippen LogP contribution in [-0.4, -0.2) is 18.6 Å². The van der Waals surface area contributed by atoms with Crippen LogP contribution in [0.15, 0.2) is 29.4 Å². The number of rotatable bonds is 3. The van der Waals surface area contributed by atoms with Crippen molar-refractivity contribution in [2.75, 3.05) is 10.5 Å². The number of nitrogen functional groups attached to an aromatic ring is 1. The van der Waals surface area contributed by atoms with E-state index in [0.717, 1.165) is 0 Å². The van der Waals surface area contributed by atoms with E-state index in [9.17, 15) is 8.42 Å². The first kappa shape index (κ1) is 12.4. The Labute approximate surface area is 105 Å². The Bertz CT molecular complexity index is 663. The molecule has 0 saturated carbocycles. The summed E-state index contributed by atoms with van der Waals surface area (Å²) in [7, 11) is -3.66. The Morgan fingerprint density at radius 2 is 2.06 bits per heavy atom. The van der Waals surface area contributed by atoms with Crippen molar-refractivity contribution in [1.82, 2.24) is 10.2 Å². The number of aromatic nitrogens is 2. The number of aromatic amines is 1. The SMILES string of the molecule is Cc1ccc(N)c(C)c1S(=O)(=O)Nc1cn[nH]c1. The Hall–Kier alpha value is -2.02. The highest BCUT2D eigenvalue weighted by Crippen LogP contribution is 2.26. The number of hydrogen-bond acceptors (Lipinski definition) is 4. The lowest BCUT2D eigenvalue weighted by molar-refractivity contribution is 0.600. The lowest BCUT2D eigenvalue weighted by atomic mass is 10.1. The molecule has 1 aromatic carbocycles. The van der Waals surface area contributed by atoms with Gasteiger partial charge in [-0.05, 0) is 31.0 Å². The van der Waals surface area contributed by atoms with Crippen molar-refractivity contribution in [3.63, 3.8) is 0 Å². The van der Waals surface area contributed by atoms with Crippen LogP contribution in [0.2, 0.25) is 0 Å². The fraction of sp³-hybridized carbons (Fsp3) is 0.182. The molecule has 0 aliphatic rings. The predicted octanol–water partition coefficient (Wildman–Crippen LogP) is 1.41. The fourth-order valence-corrected chi connectivity index (χ4v) is 3.31. The smallest absolute Gasteiger partial charge is 0.262 e. The van der Waals surface area contributed by atoms with Crippen molar-refractivity contribution in [3.05, 3.63) is 35.7 Å². The summed E-state index contributed by atoms with van der Waals surface area (Å²) < 4.78 is 27.0. The summed E-state index contributed by atoms with van der Waals surface area (Å²) in [5, 5.41) is 6.23. The number of nitrogens with zero attached hydrogens (tertiary/aromatic N) is 1. The first-order valence-electron chi connectivity index (χ1n) is 5.29. The highest BCUT2D eigenvalue weighted by Gasteiger charge is 2.21. The van der Waals surface area contributed by atoms with Crippen molar-refractivity contribution in [2.45, 2.75) is 18.7 Å². The third kappa shape index (κ3) is 2.17. The van der Waals surface area contributed by atoms with Crippen molar-refractivity contribution in [2.24, 2.45) is 0 Å². The maximum Gasteiger partial charge on any atom is 0.262 e. The largest absolute Gasteiger partial charge is 0.398 e. The predicted molar refractivity (Wildman–Crippen MR) is 69.7 cm³/mol. The molecular weight excluding hydrogens is 252 g/mol. The molecule has 0 saturated heterocycles. The van der Waals surface area contributed by atoms with E-state index in [1.807, 2.05) is 0 Å². The molecule has 6 nitrogen and oxygen atoms in total. The molecule has 0 unspecified atom stereocenters. The number of sulfonamides is 1. The zero-order valence-electron chi connectivity index (χ0n) is 10.1. The van der Waals surface area contributed by atoms with Gasteiger partial charge in [-0.25, -0.2) is 8.42 Å². The minimum absolute atomic E-state index is 0.212. The molecule has 0 bridgehead atoms. The molecule has 0 atom stereocenters. The van der Waals surface area contributed by atoms with Crippen LogP contribution >= 0.6 is 0 Å². The third-order valence-electron chi connectivity index (χ3n) is 2.66. The van der Waals surface area contributed by atoms with Crippen molar-refractivity contribution in [1.29, 1.82) is 0 Å². The maximum atomic E-state index is 12.3. The van der Waals surface area contributed by atoms with Gasteiger partial charge in [0, 0.05) is 11.9 Å². The quantitative estimate of drug-likeness (QED) is 0.731. The highest BCUT2D eigenvalue weighted by atomic mass is 32.2. The standard InChI is InChI=1S/C11H14N4O2S/c1-7-3-4-10(12)8(2)11(7)18(16,17)15-9-5-13-14-6-9/h3-6,15H,12H2,1-2H3,(H,13,14). The lowest BCUT2D eigenvalue weighted by Gasteiger charge is -2.13. The van der Waals surface area contributed by atoms with E-state index in [1.165, 1.54) is 12.4 Å². The molecule has 0 radical (unpaired) electrons. The van der Waals surface area contributed by atoms with Crippen LogP contribution in [0.4, 0.5) is 11.4 Å². The Kier molecular flexibility index (Phi) is 3.00. The second-order valence-electron chi connectivity index (χ2n) is 4.02. The number of nitrogens with one attached hydrogen (secondary N) is 2. The van der Waals surface area contributed by atoms with Crippen LogP contribution in [0, 0.1) is 13.8 Å². The van der Waals surface area contributed by atoms with E-state index >= 15 is 0 Å². The van der Waals surface area contributed by atoms with E-state index in [1.54, 1.807) is 26.0 Å². The molecule has 18 heavy (non-hydrogen) atoms. The first-order valence-corrected chi connectivity index (χ1v) is 6.77. The van der Waals surface area contributed by atoms with Crippen LogP contribution in [0.3, 0.4) is 0 Å². The zero-order valence-corrected chi connectivity index (χ0v) is 10.9. The summed E-state index contributed by atoms with van der Waals surface area (Å²) in [6.07, 6.45) is 2.86. The molecule has 1 aromatic heterocycles. The van der Waals surface area contributed by atoms with Gasteiger partial charge in [0.1, 0.15) is 0 Å². The molecule has 2 aromatic rings. The van der Waals surface area contributed by atoms with Crippen LogP contribution < -0.4 is 10.5 Å². The Morgan fingerprint density at radius 1 is 1.33 bits per heavy atom. The van der Waals surface area contributed by atoms with Gasteiger partial charge >= 0.3 is 0 Å². The number of benzene rings is 1. The lowest BCUT2D eigenvalue weighted by Crippen LogP contribution is -2.16. The van der Waals surface area contributed by atoms with Gasteiger partial charge in [-0.15, -0.1) is 0 Å². The van der Waals surface area contributed by atoms with Gasteiger partial charge in [-0.1, -0.05) is 6.07 Å². The number of nitrogens with two attached hydrogens (primary N) is 1. The zero-order chi connectivity index (χ0) is 13.3. The minimum Gasteiger partial charge on any atom is -0.398 e. The van der Waals surface area contributed by atoms with Gasteiger partial charge in [0.2, 0.25) is 0 Å². The number of anilines is 2. The Morgan fingerprint density at radius 3 is 2.67 bits per heavy atom. The average Bonchev–Trinajstić information content (AvgIpc) is 2.75. The second kappa shape index (κ2) is 4.34. The summed E-state index contributed by atoms with van der Waals surface area (Å²) in [6.45, 7) is 3.42. The van der Waals surface area contributed by atoms with Crippen molar-refractivity contribution in [3.8, 4) is 0 Å². The molecule has 0 fully saturated rings. The molecule has 0 amide bonds. The fourth-order valence-electron chi connectivity index (χ4n) is 1.77. The Balaban J connectivity index is 2.51. The van der Waals surface area contributed by atoms with Crippen molar-refractivity contribution < 1.29 is 8.42 Å². The molecule has 1 heterocycles. The number of H-pyrrole nitrogens is 1. The summed E-state index contributed by atoms with van der Waals surface area (Å²) in [6, 6.07) is 3.38. The van der Waals surface area contributed by atoms with E-state index < -0.39 is 10.0 Å². The molecule has 96 valence electrons. The van der Waals surface area contributed by atoms with Crippen LogP contribution in [-0.2, 0) is 10.0 Å². The topological polar surface area (TPSA) is 101 Å². The molecule has 4 N–H and O–H groups in total. The molecule has 7 heteroatoms. The highest BCUT2D eigenvalue weighted by molar-refractivity contribution is 7.92. The molecule has 0 spiro atoms.